The second-order valence-electron chi connectivity index (χ2n) is 6.38. The summed E-state index contributed by atoms with van der Waals surface area (Å²) in [6.45, 7) is 1.84. The van der Waals surface area contributed by atoms with Gasteiger partial charge in [0.05, 0.1) is 16.5 Å². The van der Waals surface area contributed by atoms with Crippen LogP contribution in [-0.4, -0.2) is 29.1 Å². The molecule has 0 amide bonds. The number of halogens is 1. The molecule has 0 bridgehead atoms. The number of esters is 2. The molecule has 0 saturated heterocycles. The van der Waals surface area contributed by atoms with Crippen LogP contribution >= 0.6 is 22.6 Å². The molecule has 0 aliphatic rings. The molecule has 0 N–H and O–H groups in total. The van der Waals surface area contributed by atoms with Crippen molar-refractivity contribution in [3.8, 4) is 0 Å². The van der Waals surface area contributed by atoms with Crippen molar-refractivity contribution < 1.29 is 19.1 Å². The molecule has 1 unspecified atom stereocenters. The first-order chi connectivity index (χ1) is 14.6. The summed E-state index contributed by atoms with van der Waals surface area (Å²) < 4.78 is 10.00. The van der Waals surface area contributed by atoms with Crippen LogP contribution in [0.4, 0.5) is 0 Å². The number of rotatable bonds is 8. The molecule has 0 heterocycles. The molecule has 0 aliphatic heterocycles. The summed E-state index contributed by atoms with van der Waals surface area (Å²) in [6.07, 6.45) is 0. The normalized spacial score (nSPS) is 11.7. The van der Waals surface area contributed by atoms with E-state index in [-0.39, 0.29) is 34.0 Å². The van der Waals surface area contributed by atoms with Crippen LogP contribution in [0.1, 0.15) is 17.3 Å². The number of ether oxygens (including phenoxy) is 2. The lowest BCUT2D eigenvalue weighted by Crippen LogP contribution is -2.18. The van der Waals surface area contributed by atoms with Gasteiger partial charge in [-0.3, -0.25) is 4.79 Å². The largest absolute Gasteiger partial charge is 0.461 e. The Balaban J connectivity index is 1.70. The molecule has 3 aromatic rings. The van der Waals surface area contributed by atoms with Crippen molar-refractivity contribution in [1.82, 2.24) is 0 Å². The quantitative estimate of drug-likeness (QED) is 0.130. The van der Waals surface area contributed by atoms with E-state index in [0.717, 1.165) is 4.90 Å². The van der Waals surface area contributed by atoms with Gasteiger partial charge in [-0.25, -0.2) is 4.79 Å². The maximum Gasteiger partial charge on any atom is 0.338 e. The van der Waals surface area contributed by atoms with Gasteiger partial charge in [0, 0.05) is 0 Å². The van der Waals surface area contributed by atoms with Gasteiger partial charge in [-0.1, -0.05) is 59.0 Å². The minimum Gasteiger partial charge on any atom is -0.461 e. The zero-order chi connectivity index (χ0) is 21.3. The fourth-order valence-electron chi connectivity index (χ4n) is 2.72. The molecule has 3 rings (SSSR count). The molecule has 3 aromatic carbocycles. The molecular formula is C24H22IO4S+. The van der Waals surface area contributed by atoms with Gasteiger partial charge in [-0.05, 0) is 55.5 Å². The summed E-state index contributed by atoms with van der Waals surface area (Å²) in [7, 11) is -0.263. The predicted molar refractivity (Wildman–Crippen MR) is 126 cm³/mol. The number of hydrogen-bond donors (Lipinski definition) is 0. The molecule has 4 nitrogen and oxygen atoms in total. The van der Waals surface area contributed by atoms with E-state index in [0.29, 0.717) is 5.56 Å². The smallest absolute Gasteiger partial charge is 0.338 e. The van der Waals surface area contributed by atoms with Crippen molar-refractivity contribution in [3.63, 3.8) is 0 Å². The maximum atomic E-state index is 12.3. The third-order valence-electron chi connectivity index (χ3n) is 4.17. The van der Waals surface area contributed by atoms with E-state index in [4.69, 9.17) is 9.47 Å². The van der Waals surface area contributed by atoms with Crippen molar-refractivity contribution >= 4 is 45.4 Å². The van der Waals surface area contributed by atoms with Gasteiger partial charge in [-0.2, -0.15) is 0 Å². The van der Waals surface area contributed by atoms with E-state index < -0.39 is 5.97 Å². The molecule has 0 aliphatic carbocycles. The van der Waals surface area contributed by atoms with Crippen LogP contribution in [0.5, 0.6) is 0 Å². The molecule has 0 spiro atoms. The van der Waals surface area contributed by atoms with Crippen LogP contribution in [0.2, 0.25) is 0 Å². The fraction of sp³-hybridized carbons (Fsp3) is 0.167. The van der Waals surface area contributed by atoms with Gasteiger partial charge in [-0.15, -0.1) is 0 Å². The highest BCUT2D eigenvalue weighted by molar-refractivity contribution is 14.1. The summed E-state index contributed by atoms with van der Waals surface area (Å²) >= 11 is 1.98. The first kappa shape index (κ1) is 22.4. The lowest BCUT2D eigenvalue weighted by Gasteiger charge is -2.09. The second-order valence-corrected chi connectivity index (χ2v) is 10.3. The van der Waals surface area contributed by atoms with Crippen LogP contribution in [0.25, 0.3) is 0 Å². The highest BCUT2D eigenvalue weighted by atomic mass is 127. The molecular weight excluding hydrogens is 511 g/mol. The average molecular weight is 533 g/mol. The third-order valence-corrected chi connectivity index (χ3v) is 6.91. The summed E-state index contributed by atoms with van der Waals surface area (Å²) in [5.74, 6) is -0.746. The van der Waals surface area contributed by atoms with E-state index in [9.17, 15) is 9.59 Å². The lowest BCUT2D eigenvalue weighted by atomic mass is 10.2. The third kappa shape index (κ3) is 6.09. The Morgan fingerprint density at radius 3 is 1.73 bits per heavy atom. The SMILES string of the molecule is CC(I)C(=O)OCCOC(=O)c1ccc([S+](c2ccccc2)c2ccccc2)cc1. The van der Waals surface area contributed by atoms with E-state index >= 15 is 0 Å². The number of carbonyl (C=O) groups is 2. The summed E-state index contributed by atoms with van der Waals surface area (Å²) in [6, 6.07) is 28.1. The Bertz CT molecular complexity index is 920. The lowest BCUT2D eigenvalue weighted by molar-refractivity contribution is -0.143. The molecule has 154 valence electrons. The van der Waals surface area contributed by atoms with Crippen molar-refractivity contribution in [1.29, 1.82) is 0 Å². The second kappa shape index (κ2) is 11.2. The summed E-state index contributed by atoms with van der Waals surface area (Å²) in [5.41, 5.74) is 0.469. The van der Waals surface area contributed by atoms with Crippen LogP contribution < -0.4 is 0 Å². The van der Waals surface area contributed by atoms with Crippen LogP contribution in [0.15, 0.2) is 99.6 Å². The van der Waals surface area contributed by atoms with Gasteiger partial charge >= 0.3 is 11.9 Å². The fourth-order valence-corrected chi connectivity index (χ4v) is 4.99. The summed E-state index contributed by atoms with van der Waals surface area (Å²) in [4.78, 5) is 27.3. The topological polar surface area (TPSA) is 52.6 Å². The Morgan fingerprint density at radius 2 is 1.23 bits per heavy atom. The van der Waals surface area contributed by atoms with Crippen molar-refractivity contribution in [2.24, 2.45) is 0 Å². The van der Waals surface area contributed by atoms with Gasteiger partial charge < -0.3 is 9.47 Å². The van der Waals surface area contributed by atoms with Crippen LogP contribution in [0.3, 0.4) is 0 Å². The van der Waals surface area contributed by atoms with Gasteiger partial charge in [0.25, 0.3) is 0 Å². The Hall–Kier alpha value is -2.32. The first-order valence-electron chi connectivity index (χ1n) is 9.48. The molecule has 1 atom stereocenters. The number of alkyl halides is 1. The molecule has 30 heavy (non-hydrogen) atoms. The predicted octanol–water partition coefficient (Wildman–Crippen LogP) is 5.31. The Morgan fingerprint density at radius 1 is 0.767 bits per heavy atom. The van der Waals surface area contributed by atoms with Crippen molar-refractivity contribution in [2.45, 2.75) is 25.5 Å². The van der Waals surface area contributed by atoms with E-state index in [1.807, 2.05) is 71.1 Å². The highest BCUT2D eigenvalue weighted by Gasteiger charge is 2.28. The summed E-state index contributed by atoms with van der Waals surface area (Å²) in [5, 5.41) is 0. The maximum absolute atomic E-state index is 12.3. The van der Waals surface area contributed by atoms with E-state index in [1.54, 1.807) is 19.1 Å². The molecule has 0 fully saturated rings. The number of hydrogen-bond acceptors (Lipinski definition) is 4. The van der Waals surface area contributed by atoms with E-state index in [1.165, 1.54) is 9.79 Å². The Labute approximate surface area is 193 Å². The number of carbonyl (C=O) groups excluding carboxylic acids is 2. The van der Waals surface area contributed by atoms with E-state index in [2.05, 4.69) is 24.3 Å². The Kier molecular flexibility index (Phi) is 8.33. The zero-order valence-corrected chi connectivity index (χ0v) is 19.5. The molecule has 0 radical (unpaired) electrons. The van der Waals surface area contributed by atoms with Crippen LogP contribution in [-0.2, 0) is 25.2 Å². The zero-order valence-electron chi connectivity index (χ0n) is 16.5. The van der Waals surface area contributed by atoms with Gasteiger partial charge in [0.2, 0.25) is 0 Å². The average Bonchev–Trinajstić information content (AvgIpc) is 2.78. The first-order valence-corrected chi connectivity index (χ1v) is 12.0. The minimum atomic E-state index is -0.431. The molecule has 0 aromatic heterocycles. The molecule has 0 saturated carbocycles. The molecule has 6 heteroatoms. The standard InChI is InChI=1S/C24H22IO4S/c1-18(25)23(26)28-16-17-29-24(27)19-12-14-22(15-13-19)30(20-8-4-2-5-9-20)21-10-6-3-7-11-21/h2-15,18H,16-17H2,1H3/q+1. The van der Waals surface area contributed by atoms with Gasteiger partial charge in [0.1, 0.15) is 17.1 Å². The van der Waals surface area contributed by atoms with Gasteiger partial charge in [0.15, 0.2) is 14.7 Å². The monoisotopic (exact) mass is 533 g/mol. The van der Waals surface area contributed by atoms with Crippen molar-refractivity contribution in [3.05, 3.63) is 90.5 Å². The minimum absolute atomic E-state index is 0.0358. The van der Waals surface area contributed by atoms with Crippen molar-refractivity contribution in [2.75, 3.05) is 13.2 Å². The van der Waals surface area contributed by atoms with Crippen LogP contribution in [0, 0.1) is 0 Å². The highest BCUT2D eigenvalue weighted by Crippen LogP contribution is 2.31. The number of benzene rings is 3.